The Kier molecular flexibility index (Phi) is 5.39. The van der Waals surface area contributed by atoms with E-state index in [1.165, 1.54) is 32.2 Å². The summed E-state index contributed by atoms with van der Waals surface area (Å²) in [5.41, 5.74) is 0.539. The Hall–Kier alpha value is 0.310. The first-order valence-electron chi connectivity index (χ1n) is 7.16. The zero-order valence-corrected chi connectivity index (χ0v) is 13.4. The highest BCUT2D eigenvalue weighted by molar-refractivity contribution is 8.00. The molecule has 0 aromatic heterocycles. The fourth-order valence-corrected chi connectivity index (χ4v) is 4.15. The van der Waals surface area contributed by atoms with Gasteiger partial charge >= 0.3 is 0 Å². The fraction of sp³-hybridized carbons (Fsp3) is 1.00. The zero-order chi connectivity index (χ0) is 13.1. The van der Waals surface area contributed by atoms with Gasteiger partial charge in [0.05, 0.1) is 0 Å². The maximum absolute atomic E-state index is 3.86. The minimum absolute atomic E-state index is 0.451. The van der Waals surface area contributed by atoms with Gasteiger partial charge in [-0.15, -0.1) is 0 Å². The van der Waals surface area contributed by atoms with Gasteiger partial charge in [-0.05, 0) is 43.3 Å². The van der Waals surface area contributed by atoms with Crippen LogP contribution in [-0.4, -0.2) is 23.6 Å². The second-order valence-corrected chi connectivity index (χ2v) is 7.91. The van der Waals surface area contributed by atoms with Gasteiger partial charge in [-0.1, -0.05) is 34.6 Å². The lowest BCUT2D eigenvalue weighted by atomic mass is 9.91. The number of nitrogens with one attached hydrogen (secondary N) is 1. The molecule has 2 atom stereocenters. The minimum Gasteiger partial charge on any atom is -0.312 e. The summed E-state index contributed by atoms with van der Waals surface area (Å²) >= 11 is 2.04. The molecule has 0 saturated heterocycles. The van der Waals surface area contributed by atoms with Gasteiger partial charge in [-0.2, -0.15) is 11.8 Å². The smallest absolute Gasteiger partial charge is 0.0276 e. The highest BCUT2D eigenvalue weighted by Crippen LogP contribution is 2.41. The van der Waals surface area contributed by atoms with Gasteiger partial charge in [-0.25, -0.2) is 0 Å². The maximum Gasteiger partial charge on any atom is 0.0276 e. The van der Waals surface area contributed by atoms with Gasteiger partial charge in [0.1, 0.15) is 0 Å². The molecule has 1 fully saturated rings. The molecule has 102 valence electrons. The Bertz CT molecular complexity index is 225. The number of rotatable bonds is 6. The van der Waals surface area contributed by atoms with E-state index in [9.17, 15) is 0 Å². The van der Waals surface area contributed by atoms with E-state index >= 15 is 0 Å². The van der Waals surface area contributed by atoms with Crippen LogP contribution in [0, 0.1) is 11.3 Å². The van der Waals surface area contributed by atoms with Crippen LogP contribution in [0.3, 0.4) is 0 Å². The van der Waals surface area contributed by atoms with Gasteiger partial charge < -0.3 is 5.32 Å². The van der Waals surface area contributed by atoms with Crippen molar-refractivity contribution in [3.8, 4) is 0 Å². The monoisotopic (exact) mass is 257 g/mol. The Labute approximate surface area is 113 Å². The lowest BCUT2D eigenvalue weighted by Gasteiger charge is -2.32. The van der Waals surface area contributed by atoms with Crippen molar-refractivity contribution in [3.05, 3.63) is 0 Å². The molecule has 0 aromatic carbocycles. The normalized spacial score (nSPS) is 28.6. The summed E-state index contributed by atoms with van der Waals surface area (Å²) < 4.78 is 0.451. The van der Waals surface area contributed by atoms with E-state index in [1.807, 2.05) is 11.8 Å². The molecule has 2 unspecified atom stereocenters. The van der Waals surface area contributed by atoms with E-state index in [4.69, 9.17) is 0 Å². The summed E-state index contributed by atoms with van der Waals surface area (Å²) in [6, 6.07) is 0.731. The predicted octanol–water partition coefficient (Wildman–Crippen LogP) is 4.32. The molecule has 1 aliphatic carbocycles. The minimum atomic E-state index is 0.451. The second-order valence-electron chi connectivity index (χ2n) is 6.63. The van der Waals surface area contributed by atoms with Gasteiger partial charge in [0.15, 0.2) is 0 Å². The molecule has 0 bridgehead atoms. The maximum atomic E-state index is 3.86. The third kappa shape index (κ3) is 3.89. The van der Waals surface area contributed by atoms with E-state index in [0.717, 1.165) is 12.0 Å². The van der Waals surface area contributed by atoms with E-state index in [0.29, 0.717) is 10.2 Å². The van der Waals surface area contributed by atoms with Gasteiger partial charge in [0, 0.05) is 17.3 Å². The summed E-state index contributed by atoms with van der Waals surface area (Å²) in [5, 5.41) is 3.86. The Morgan fingerprint density at radius 2 is 1.82 bits per heavy atom. The van der Waals surface area contributed by atoms with Crippen molar-refractivity contribution >= 4 is 11.8 Å². The Morgan fingerprint density at radius 1 is 1.24 bits per heavy atom. The van der Waals surface area contributed by atoms with Crippen LogP contribution in [0.2, 0.25) is 0 Å². The average Bonchev–Trinajstić information content (AvgIpc) is 2.55. The van der Waals surface area contributed by atoms with Gasteiger partial charge in [0.25, 0.3) is 0 Å². The van der Waals surface area contributed by atoms with Gasteiger partial charge in [0.2, 0.25) is 0 Å². The van der Waals surface area contributed by atoms with E-state index < -0.39 is 0 Å². The zero-order valence-electron chi connectivity index (χ0n) is 12.6. The lowest BCUT2D eigenvalue weighted by molar-refractivity contribution is 0.357. The van der Waals surface area contributed by atoms with Crippen molar-refractivity contribution in [3.63, 3.8) is 0 Å². The fourth-order valence-electron chi connectivity index (χ4n) is 3.35. The highest BCUT2D eigenvalue weighted by atomic mass is 32.2. The molecule has 2 heteroatoms. The number of hydrogen-bond donors (Lipinski definition) is 1. The Balaban J connectivity index is 2.50. The molecule has 0 radical (unpaired) electrons. The quantitative estimate of drug-likeness (QED) is 0.760. The van der Waals surface area contributed by atoms with Crippen molar-refractivity contribution < 1.29 is 0 Å². The second kappa shape index (κ2) is 5.97. The first-order chi connectivity index (χ1) is 7.88. The van der Waals surface area contributed by atoms with Crippen LogP contribution < -0.4 is 5.32 Å². The summed E-state index contributed by atoms with van der Waals surface area (Å²) in [5.74, 6) is 0.832. The summed E-state index contributed by atoms with van der Waals surface area (Å²) in [4.78, 5) is 0. The van der Waals surface area contributed by atoms with Crippen LogP contribution in [0.15, 0.2) is 0 Å². The van der Waals surface area contributed by atoms with E-state index in [-0.39, 0.29) is 0 Å². The molecule has 0 aromatic rings. The van der Waals surface area contributed by atoms with Crippen molar-refractivity contribution in [1.29, 1.82) is 0 Å². The van der Waals surface area contributed by atoms with Crippen LogP contribution in [0.25, 0.3) is 0 Å². The Morgan fingerprint density at radius 3 is 2.18 bits per heavy atom. The molecular formula is C15H31NS. The summed E-state index contributed by atoms with van der Waals surface area (Å²) in [6.07, 6.45) is 7.50. The number of thioether (sulfide) groups is 1. The van der Waals surface area contributed by atoms with Crippen molar-refractivity contribution in [1.82, 2.24) is 5.32 Å². The SMILES string of the molecule is CCC(CC)(CNC1CC(C)(C)CC1C)SC. The van der Waals surface area contributed by atoms with Crippen LogP contribution in [0.4, 0.5) is 0 Å². The number of hydrogen-bond acceptors (Lipinski definition) is 2. The summed E-state index contributed by atoms with van der Waals surface area (Å²) in [7, 11) is 0. The standard InChI is InChI=1S/C15H31NS/c1-7-15(8-2,17-6)11-16-13-10-14(4,5)9-12(13)3/h12-13,16H,7-11H2,1-6H3. The average molecular weight is 257 g/mol. The summed E-state index contributed by atoms with van der Waals surface area (Å²) in [6.45, 7) is 13.0. The van der Waals surface area contributed by atoms with Gasteiger partial charge in [-0.3, -0.25) is 0 Å². The van der Waals surface area contributed by atoms with Crippen molar-refractivity contribution in [2.75, 3.05) is 12.8 Å². The van der Waals surface area contributed by atoms with Crippen LogP contribution in [-0.2, 0) is 0 Å². The van der Waals surface area contributed by atoms with E-state index in [1.54, 1.807) is 0 Å². The largest absolute Gasteiger partial charge is 0.312 e. The van der Waals surface area contributed by atoms with Crippen LogP contribution in [0.5, 0.6) is 0 Å². The molecular weight excluding hydrogens is 226 g/mol. The third-order valence-corrected chi connectivity index (χ3v) is 6.33. The molecule has 17 heavy (non-hydrogen) atoms. The molecule has 1 aliphatic rings. The van der Waals surface area contributed by atoms with Crippen LogP contribution >= 0.6 is 11.8 Å². The molecule has 1 nitrogen and oxygen atoms in total. The molecule has 0 spiro atoms. The van der Waals surface area contributed by atoms with E-state index in [2.05, 4.69) is 46.2 Å². The molecule has 1 rings (SSSR count). The van der Waals surface area contributed by atoms with Crippen molar-refractivity contribution in [2.45, 2.75) is 71.1 Å². The van der Waals surface area contributed by atoms with Crippen LogP contribution in [0.1, 0.15) is 60.3 Å². The molecule has 0 heterocycles. The predicted molar refractivity (Wildman–Crippen MR) is 80.8 cm³/mol. The lowest BCUT2D eigenvalue weighted by Crippen LogP contribution is -2.42. The molecule has 0 amide bonds. The van der Waals surface area contributed by atoms with Crippen molar-refractivity contribution in [2.24, 2.45) is 11.3 Å². The molecule has 1 saturated carbocycles. The molecule has 1 N–H and O–H groups in total. The first-order valence-corrected chi connectivity index (χ1v) is 8.39. The highest BCUT2D eigenvalue weighted by Gasteiger charge is 2.37. The first kappa shape index (κ1) is 15.4. The topological polar surface area (TPSA) is 12.0 Å². The third-order valence-electron chi connectivity index (χ3n) is 4.74. The molecule has 0 aliphatic heterocycles.